The van der Waals surface area contributed by atoms with Gasteiger partial charge in [-0.25, -0.2) is 0 Å². The van der Waals surface area contributed by atoms with Crippen molar-refractivity contribution in [3.8, 4) is 0 Å². The van der Waals surface area contributed by atoms with E-state index in [0.717, 1.165) is 9.80 Å². The lowest BCUT2D eigenvalue weighted by atomic mass is 10.0. The maximum absolute atomic E-state index is 13.0. The molecule has 5 aromatic rings. The number of piperidine rings is 5. The molecule has 0 aliphatic carbocycles. The minimum absolute atomic E-state index is 0.0654. The molecular formula is C70H75N15O10. The number of amides is 10. The number of allylic oxidation sites excluding steroid dienone is 5. The zero-order valence-electron chi connectivity index (χ0n) is 77.9. The number of nitrogens with zero attached hydrogens (tertiary/aromatic N) is 5. The first kappa shape index (κ1) is 38.5. The Labute approximate surface area is 587 Å². The van der Waals surface area contributed by atoms with Crippen LogP contribution in [0.5, 0.6) is 0 Å². The Hall–Kier alpha value is -11.5. The summed E-state index contributed by atoms with van der Waals surface area (Å²) in [4.78, 5) is 129. The number of fused-ring (bicyclic) bond motifs is 5. The fraction of sp³-hybridized carbons (Fsp3) is 0.286. The number of nitrogen functional groups attached to an aromatic ring is 5. The van der Waals surface area contributed by atoms with Gasteiger partial charge in [-0.15, -0.1) is 0 Å². The average molecular weight is 1310 g/mol. The van der Waals surface area contributed by atoms with Crippen molar-refractivity contribution in [1.29, 1.82) is 0 Å². The van der Waals surface area contributed by atoms with Crippen LogP contribution in [-0.4, -0.2) is 114 Å². The molecule has 5 saturated heterocycles. The molecule has 15 rings (SSSR count). The van der Waals surface area contributed by atoms with Crippen LogP contribution < -0.4 is 55.3 Å². The molecule has 10 aliphatic heterocycles. The molecule has 0 aromatic heterocycles. The van der Waals surface area contributed by atoms with Crippen LogP contribution in [0.15, 0.2) is 152 Å². The highest BCUT2D eigenvalue weighted by Crippen LogP contribution is 2.37. The van der Waals surface area contributed by atoms with Crippen molar-refractivity contribution in [3.63, 3.8) is 0 Å². The second kappa shape index (κ2) is 26.6. The summed E-state index contributed by atoms with van der Waals surface area (Å²) < 4.78 is 226. The van der Waals surface area contributed by atoms with Gasteiger partial charge in [0.05, 0.1) is 21.9 Å². The molecule has 25 nitrogen and oxygen atoms in total. The zero-order chi connectivity index (χ0) is 92.8. The molecule has 25 heteroatoms. The summed E-state index contributed by atoms with van der Waals surface area (Å²) in [5.74, 6) is -9.91. The first-order chi connectivity index (χ1) is 56.2. The smallest absolute Gasteiger partial charge is 0.255 e. The van der Waals surface area contributed by atoms with Crippen molar-refractivity contribution in [2.45, 2.75) is 127 Å². The van der Waals surface area contributed by atoms with E-state index >= 15 is 0 Å². The second-order valence-corrected chi connectivity index (χ2v) is 21.5. The second-order valence-electron chi connectivity index (χ2n) is 21.5. The maximum Gasteiger partial charge on any atom is 0.255 e. The van der Waals surface area contributed by atoms with Gasteiger partial charge in [0, 0.05) is 162 Å². The third-order valence-corrected chi connectivity index (χ3v) is 15.1. The molecule has 10 aliphatic rings. The number of carbonyl (C=O) groups is 10. The minimum atomic E-state index is -3.48. The maximum atomic E-state index is 13.0. The number of hydrogen-bond donors (Lipinski definition) is 10. The Bertz CT molecular complexity index is 5480. The molecule has 10 heterocycles. The summed E-state index contributed by atoms with van der Waals surface area (Å²) in [6.45, 7) is 13.3. The molecule has 95 heavy (non-hydrogen) atoms. The number of carbonyl (C=O) groups excluding carboxylic acids is 10. The lowest BCUT2D eigenvalue weighted by molar-refractivity contribution is -0.127. The normalized spacial score (nSPS) is 34.3. The van der Waals surface area contributed by atoms with Crippen molar-refractivity contribution in [3.05, 3.63) is 208 Å². The first-order valence-electron chi connectivity index (χ1n) is 42.2. The van der Waals surface area contributed by atoms with E-state index in [9.17, 15) is 47.9 Å². The van der Waals surface area contributed by atoms with Gasteiger partial charge in [0.2, 0.25) is 29.5 Å². The molecule has 0 saturated carbocycles. The van der Waals surface area contributed by atoms with E-state index in [0.29, 0.717) is 43.4 Å². The number of nitrogens with two attached hydrogens (primary N) is 5. The van der Waals surface area contributed by atoms with E-state index in [1.165, 1.54) is 0 Å². The van der Waals surface area contributed by atoms with E-state index in [-0.39, 0.29) is 113 Å². The van der Waals surface area contributed by atoms with Crippen LogP contribution in [0.25, 0.3) is 0 Å². The van der Waals surface area contributed by atoms with E-state index in [2.05, 4.69) is 54.2 Å². The highest BCUT2D eigenvalue weighted by atomic mass is 16.2. The summed E-state index contributed by atoms with van der Waals surface area (Å²) in [6.07, 6.45) is -17.0. The van der Waals surface area contributed by atoms with Gasteiger partial charge in [-0.1, -0.05) is 63.2 Å². The van der Waals surface area contributed by atoms with Gasteiger partial charge < -0.3 is 79.8 Å². The average Bonchev–Trinajstić information content (AvgIpc) is 1.57. The number of nitrogens with one attached hydrogen (secondary N) is 5. The topological polar surface area (TPSA) is 377 Å². The summed E-state index contributed by atoms with van der Waals surface area (Å²) in [5, 5.41) is 11.2. The molecule has 0 bridgehead atoms. The van der Waals surface area contributed by atoms with Crippen molar-refractivity contribution in [2.75, 3.05) is 28.7 Å². The molecule has 10 amide bonds. The summed E-state index contributed by atoms with van der Waals surface area (Å²) in [7, 11) is 0. The number of anilines is 5. The predicted octanol–water partition coefficient (Wildman–Crippen LogP) is 5.08. The SMILES string of the molecule is [2H]C1([2H])CC(=C)NC(=O)[C@@]1([2H])N1Cc2c(N)cccc2C1=O.[2H]C1([2H])CC(=C)NC(=O)[C@]1([2H])N1Cc2c(N)cccc2C1=O.[2H]c1c([2H])c(N)c2c(c1[2H])C(=O)N([C@@]1([2H])C(=O)NC(=C)C([2H])([2H])C1([2H])[2H])C2([2H])[2H].[2H]c1c([2H])c(N)c2c(c1[2H])C(=O)N([C@@]1([2H])C(=O)NC(=C)CC1([2H])[2H])C2.[2H]c1c([2H])c(N)c2c(c1[2H])C(=O)N([C@]1([2H])C(=O)NC(=C)CC1([2H])[2H])C2. The molecule has 5 fully saturated rings. The molecule has 5 atom stereocenters. The Morgan fingerprint density at radius 1 is 0.358 bits per heavy atom. The van der Waals surface area contributed by atoms with Crippen molar-refractivity contribution < 1.29 is 86.3 Å². The standard InChI is InChI=1S/5C14H15N3O2/c5*1-8-5-6-12(13(18)16-8)17-7-10-9(14(17)19)3-2-4-11(10)15/h5*2-4,12H,1,5-7,15H2,(H,16,18)/t5*12-/m11100/s1/i2D,3D,4D,5D2,6D2,7D2,12D;2D,3D,4D,6D2,12D;6D2,12D;2D,3D,4D,6D2,12D;6D2,12D. The Balaban J connectivity index is 0.000000150. The molecule has 15 N–H and O–H groups in total. The highest BCUT2D eigenvalue weighted by molar-refractivity contribution is 6.06. The summed E-state index contributed by atoms with van der Waals surface area (Å²) >= 11 is 0. The molecular weight excluding hydrogens is 1210 g/mol. The molecule has 5 aromatic carbocycles. The van der Waals surface area contributed by atoms with Crippen molar-refractivity contribution in [2.24, 2.45) is 0 Å². The number of rotatable bonds is 5. The van der Waals surface area contributed by atoms with E-state index in [1.54, 1.807) is 36.4 Å². The summed E-state index contributed by atoms with van der Waals surface area (Å²) in [5.41, 5.74) is 28.3. The third kappa shape index (κ3) is 12.9. The molecule has 0 radical (unpaired) electrons. The number of hydrogen-bond acceptors (Lipinski definition) is 15. The van der Waals surface area contributed by atoms with Crippen LogP contribution in [0.3, 0.4) is 0 Å². The third-order valence-electron chi connectivity index (χ3n) is 15.1. The Morgan fingerprint density at radius 2 is 0.632 bits per heavy atom. The van der Waals surface area contributed by atoms with Crippen LogP contribution >= 0.6 is 0 Å². The largest absolute Gasteiger partial charge is 0.398 e. The summed E-state index contributed by atoms with van der Waals surface area (Å²) in [6, 6.07) is -9.11. The predicted molar refractivity (Wildman–Crippen MR) is 355 cm³/mol. The molecule has 490 valence electrons. The van der Waals surface area contributed by atoms with Gasteiger partial charge in [0.25, 0.3) is 29.5 Å². The van der Waals surface area contributed by atoms with Gasteiger partial charge >= 0.3 is 0 Å². The van der Waals surface area contributed by atoms with E-state index in [1.807, 2.05) is 5.32 Å². The molecule has 0 unspecified atom stereocenters. The van der Waals surface area contributed by atoms with Gasteiger partial charge in [-0.3, -0.25) is 47.9 Å². The van der Waals surface area contributed by atoms with Gasteiger partial charge in [0.1, 0.15) is 30.1 Å². The van der Waals surface area contributed by atoms with Gasteiger partial charge in [0.15, 0.2) is 0 Å². The van der Waals surface area contributed by atoms with Crippen LogP contribution in [0.1, 0.15) is 182 Å². The van der Waals surface area contributed by atoms with Crippen molar-refractivity contribution >= 4 is 87.5 Å². The van der Waals surface area contributed by atoms with Gasteiger partial charge in [-0.2, -0.15) is 0 Å². The number of benzene rings is 5. The van der Waals surface area contributed by atoms with Crippen LogP contribution in [0, 0.1) is 0 Å². The van der Waals surface area contributed by atoms with Crippen LogP contribution in [-0.2, 0) is 56.6 Å². The fourth-order valence-electron chi connectivity index (χ4n) is 10.5. The zero-order valence-corrected chi connectivity index (χ0v) is 49.9. The molecule has 0 spiro atoms. The Morgan fingerprint density at radius 3 is 0.968 bits per heavy atom. The van der Waals surface area contributed by atoms with Gasteiger partial charge in [-0.05, 0) is 124 Å². The van der Waals surface area contributed by atoms with E-state index < -0.39 is 211 Å². The monoisotopic (exact) mass is 1310 g/mol. The Kier molecular flexibility index (Phi) is 10.8. The minimum Gasteiger partial charge on any atom is -0.398 e. The quantitative estimate of drug-likeness (QED) is 0.103. The first-order valence-corrected chi connectivity index (χ1v) is 28.2. The van der Waals surface area contributed by atoms with Crippen LogP contribution in [0.2, 0.25) is 0 Å². The fourth-order valence-corrected chi connectivity index (χ4v) is 10.5. The lowest BCUT2D eigenvalue weighted by Gasteiger charge is -2.30. The lowest BCUT2D eigenvalue weighted by Crippen LogP contribution is -2.49. The van der Waals surface area contributed by atoms with Crippen molar-refractivity contribution in [1.82, 2.24) is 51.1 Å². The highest BCUT2D eigenvalue weighted by Gasteiger charge is 2.44. The van der Waals surface area contributed by atoms with Crippen LogP contribution in [0.4, 0.5) is 28.4 Å². The van der Waals surface area contributed by atoms with E-state index in [4.69, 9.17) is 67.0 Å².